The van der Waals surface area contributed by atoms with E-state index in [0.29, 0.717) is 5.41 Å². The molecule has 0 saturated heterocycles. The Kier molecular flexibility index (Phi) is 8.69. The fourth-order valence-electron chi connectivity index (χ4n) is 3.62. The Labute approximate surface area is 125 Å². The first-order valence-electron chi connectivity index (χ1n) is 8.50. The Bertz CT molecular complexity index is 223. The molecule has 120 valence electrons. The third-order valence-electron chi connectivity index (χ3n) is 5.34. The third kappa shape index (κ3) is 5.68. The van der Waals surface area contributed by atoms with Crippen molar-refractivity contribution in [3.63, 3.8) is 0 Å². The van der Waals surface area contributed by atoms with E-state index in [2.05, 4.69) is 0 Å². The maximum absolute atomic E-state index is 5.67. The molecule has 0 aromatic rings. The molecule has 0 spiro atoms. The van der Waals surface area contributed by atoms with Crippen LogP contribution in [0, 0.1) is 17.3 Å². The van der Waals surface area contributed by atoms with Gasteiger partial charge in [-0.3, -0.25) is 0 Å². The van der Waals surface area contributed by atoms with Crippen molar-refractivity contribution < 1.29 is 0 Å². The van der Waals surface area contributed by atoms with E-state index in [0.717, 1.165) is 38.0 Å². The van der Waals surface area contributed by atoms with Crippen molar-refractivity contribution in [1.82, 2.24) is 0 Å². The van der Waals surface area contributed by atoms with Gasteiger partial charge in [0.15, 0.2) is 0 Å². The summed E-state index contributed by atoms with van der Waals surface area (Å²) in [6.07, 6.45) is 11.8. The molecule has 0 heterocycles. The van der Waals surface area contributed by atoms with Crippen molar-refractivity contribution in [2.45, 2.75) is 57.8 Å². The smallest absolute Gasteiger partial charge is 0.000844 e. The van der Waals surface area contributed by atoms with Crippen molar-refractivity contribution in [1.29, 1.82) is 0 Å². The lowest BCUT2D eigenvalue weighted by molar-refractivity contribution is 0.208. The Morgan fingerprint density at radius 2 is 1.20 bits per heavy atom. The molecule has 0 amide bonds. The highest BCUT2D eigenvalue weighted by atomic mass is 14.7. The maximum Gasteiger partial charge on any atom is -0.000844 e. The Morgan fingerprint density at radius 1 is 0.700 bits per heavy atom. The minimum absolute atomic E-state index is 0.318. The molecule has 2 aliphatic carbocycles. The molecule has 2 fully saturated rings. The lowest BCUT2D eigenvalue weighted by Gasteiger charge is -2.34. The van der Waals surface area contributed by atoms with E-state index in [-0.39, 0.29) is 0 Å². The molecule has 0 aromatic heterocycles. The second-order valence-corrected chi connectivity index (χ2v) is 6.84. The van der Waals surface area contributed by atoms with Crippen molar-refractivity contribution in [3.05, 3.63) is 0 Å². The second kappa shape index (κ2) is 9.72. The van der Waals surface area contributed by atoms with Crippen LogP contribution in [0.1, 0.15) is 57.8 Å². The number of hydrogen-bond acceptors (Lipinski definition) is 4. The van der Waals surface area contributed by atoms with Crippen LogP contribution in [0.2, 0.25) is 0 Å². The molecule has 2 rings (SSSR count). The number of hydrogen-bond donors (Lipinski definition) is 4. The highest BCUT2D eigenvalue weighted by Crippen LogP contribution is 2.33. The predicted molar refractivity (Wildman–Crippen MR) is 87.2 cm³/mol. The van der Waals surface area contributed by atoms with E-state index in [1.807, 2.05) is 0 Å². The van der Waals surface area contributed by atoms with Gasteiger partial charge in [0.05, 0.1) is 0 Å². The predicted octanol–water partition coefficient (Wildman–Crippen LogP) is 1.56. The van der Waals surface area contributed by atoms with Gasteiger partial charge in [0.25, 0.3) is 0 Å². The van der Waals surface area contributed by atoms with Crippen LogP contribution in [-0.4, -0.2) is 26.2 Å². The van der Waals surface area contributed by atoms with Crippen LogP contribution >= 0.6 is 0 Å². The second-order valence-electron chi connectivity index (χ2n) is 6.84. The summed E-state index contributed by atoms with van der Waals surface area (Å²) in [6, 6.07) is 0. The van der Waals surface area contributed by atoms with Gasteiger partial charge in [0.1, 0.15) is 0 Å². The fourth-order valence-corrected chi connectivity index (χ4v) is 3.62. The monoisotopic (exact) mass is 284 g/mol. The van der Waals surface area contributed by atoms with Crippen molar-refractivity contribution >= 4 is 0 Å². The van der Waals surface area contributed by atoms with Gasteiger partial charge >= 0.3 is 0 Å². The summed E-state index contributed by atoms with van der Waals surface area (Å²) in [7, 11) is 0. The van der Waals surface area contributed by atoms with Gasteiger partial charge in [-0.2, -0.15) is 0 Å². The lowest BCUT2D eigenvalue weighted by Crippen LogP contribution is -2.39. The minimum atomic E-state index is 0.318. The molecule has 8 N–H and O–H groups in total. The average molecular weight is 284 g/mol. The topological polar surface area (TPSA) is 104 Å². The first-order chi connectivity index (χ1) is 9.69. The fraction of sp³-hybridized carbons (Fsp3) is 1.00. The van der Waals surface area contributed by atoms with Crippen molar-refractivity contribution in [2.24, 2.45) is 40.2 Å². The SMILES string of the molecule is NCC1(CN)CCCCC1.NCC1CCCC(CN)C1. The summed E-state index contributed by atoms with van der Waals surface area (Å²) >= 11 is 0. The minimum Gasteiger partial charge on any atom is -0.330 e. The number of nitrogens with two attached hydrogens (primary N) is 4. The maximum atomic E-state index is 5.67. The molecule has 2 aliphatic rings. The first kappa shape index (κ1) is 17.9. The van der Waals surface area contributed by atoms with E-state index in [4.69, 9.17) is 22.9 Å². The van der Waals surface area contributed by atoms with Gasteiger partial charge in [-0.25, -0.2) is 0 Å². The molecular weight excluding hydrogens is 248 g/mol. The first-order valence-corrected chi connectivity index (χ1v) is 8.50. The summed E-state index contributed by atoms with van der Waals surface area (Å²) in [5.41, 5.74) is 22.8. The molecular formula is C16H36N4. The van der Waals surface area contributed by atoms with E-state index in [1.54, 1.807) is 0 Å². The normalized spacial score (nSPS) is 29.4. The molecule has 2 atom stereocenters. The molecule has 0 radical (unpaired) electrons. The van der Waals surface area contributed by atoms with Crippen LogP contribution in [-0.2, 0) is 0 Å². The molecule has 0 bridgehead atoms. The number of rotatable bonds is 4. The van der Waals surface area contributed by atoms with Crippen LogP contribution in [0.4, 0.5) is 0 Å². The van der Waals surface area contributed by atoms with E-state index < -0.39 is 0 Å². The Balaban J connectivity index is 0.000000200. The molecule has 2 unspecified atom stereocenters. The van der Waals surface area contributed by atoms with Gasteiger partial charge < -0.3 is 22.9 Å². The molecule has 0 aromatic carbocycles. The highest BCUT2D eigenvalue weighted by molar-refractivity contribution is 4.84. The Hall–Kier alpha value is -0.160. The molecule has 20 heavy (non-hydrogen) atoms. The van der Waals surface area contributed by atoms with Crippen LogP contribution < -0.4 is 22.9 Å². The summed E-state index contributed by atoms with van der Waals surface area (Å²) in [5.74, 6) is 1.53. The van der Waals surface area contributed by atoms with Crippen LogP contribution in [0.25, 0.3) is 0 Å². The summed E-state index contributed by atoms with van der Waals surface area (Å²) in [5, 5.41) is 0. The summed E-state index contributed by atoms with van der Waals surface area (Å²) < 4.78 is 0. The molecule has 4 heteroatoms. The van der Waals surface area contributed by atoms with Crippen LogP contribution in [0.3, 0.4) is 0 Å². The zero-order chi connectivity index (χ0) is 14.8. The van der Waals surface area contributed by atoms with Crippen LogP contribution in [0.15, 0.2) is 0 Å². The average Bonchev–Trinajstić information content (AvgIpc) is 2.56. The van der Waals surface area contributed by atoms with Crippen molar-refractivity contribution in [3.8, 4) is 0 Å². The zero-order valence-electron chi connectivity index (χ0n) is 13.2. The summed E-state index contributed by atoms with van der Waals surface area (Å²) in [6.45, 7) is 3.28. The van der Waals surface area contributed by atoms with Crippen LogP contribution in [0.5, 0.6) is 0 Å². The van der Waals surface area contributed by atoms with Gasteiger partial charge in [0, 0.05) is 0 Å². The third-order valence-corrected chi connectivity index (χ3v) is 5.34. The van der Waals surface area contributed by atoms with Gasteiger partial charge in [-0.05, 0) is 75.5 Å². The summed E-state index contributed by atoms with van der Waals surface area (Å²) in [4.78, 5) is 0. The standard InChI is InChI=1S/2C8H18N2/c9-5-7-2-1-3-8(4-7)6-10;9-6-8(7-10)4-2-1-3-5-8/h7-8H,1-6,9-10H2;1-7,9-10H2. The quantitative estimate of drug-likeness (QED) is 0.629. The molecule has 4 nitrogen and oxygen atoms in total. The van der Waals surface area contributed by atoms with Crippen molar-refractivity contribution in [2.75, 3.05) is 26.2 Å². The van der Waals surface area contributed by atoms with E-state index in [9.17, 15) is 0 Å². The van der Waals surface area contributed by atoms with Gasteiger partial charge in [-0.1, -0.05) is 25.7 Å². The lowest BCUT2D eigenvalue weighted by atomic mass is 9.74. The van der Waals surface area contributed by atoms with E-state index in [1.165, 1.54) is 57.8 Å². The van der Waals surface area contributed by atoms with E-state index >= 15 is 0 Å². The van der Waals surface area contributed by atoms with Gasteiger partial charge in [0.2, 0.25) is 0 Å². The highest BCUT2D eigenvalue weighted by Gasteiger charge is 2.28. The molecule has 0 aliphatic heterocycles. The molecule has 2 saturated carbocycles. The Morgan fingerprint density at radius 3 is 1.55 bits per heavy atom. The zero-order valence-corrected chi connectivity index (χ0v) is 13.2. The largest absolute Gasteiger partial charge is 0.330 e. The van der Waals surface area contributed by atoms with Gasteiger partial charge in [-0.15, -0.1) is 0 Å².